The number of aryl methyl sites for hydroxylation is 1. The van der Waals surface area contributed by atoms with Crippen molar-refractivity contribution in [2.45, 2.75) is 39.0 Å². The summed E-state index contributed by atoms with van der Waals surface area (Å²) in [5.74, 6) is 0.203. The number of nitrogens with one attached hydrogen (secondary N) is 2. The van der Waals surface area contributed by atoms with E-state index in [1.165, 1.54) is 17.5 Å². The lowest BCUT2D eigenvalue weighted by Gasteiger charge is -2.19. The van der Waals surface area contributed by atoms with Gasteiger partial charge in [-0.3, -0.25) is 9.59 Å². The van der Waals surface area contributed by atoms with Crippen LogP contribution < -0.4 is 15.5 Å². The van der Waals surface area contributed by atoms with E-state index in [0.717, 1.165) is 24.9 Å². The van der Waals surface area contributed by atoms with Gasteiger partial charge >= 0.3 is 0 Å². The van der Waals surface area contributed by atoms with Crippen LogP contribution in [0.1, 0.15) is 47.7 Å². The Morgan fingerprint density at radius 2 is 1.82 bits per heavy atom. The van der Waals surface area contributed by atoms with Crippen LogP contribution in [0.25, 0.3) is 0 Å². The molecule has 1 aliphatic carbocycles. The van der Waals surface area contributed by atoms with Gasteiger partial charge in [0.25, 0.3) is 5.91 Å². The lowest BCUT2D eigenvalue weighted by molar-refractivity contribution is -0.115. The number of rotatable bonds is 6. The molecule has 146 valence electrons. The summed E-state index contributed by atoms with van der Waals surface area (Å²) in [6.45, 7) is 1.72. The molecule has 0 atom stereocenters. The van der Waals surface area contributed by atoms with E-state index in [-0.39, 0.29) is 18.2 Å². The number of amides is 2. The summed E-state index contributed by atoms with van der Waals surface area (Å²) in [7, 11) is 1.57. The average Bonchev–Trinajstić information content (AvgIpc) is 2.72. The van der Waals surface area contributed by atoms with Crippen molar-refractivity contribution in [1.29, 1.82) is 0 Å². The number of carbonyl (C=O) groups excluding carboxylic acids is 2. The van der Waals surface area contributed by atoms with Gasteiger partial charge in [-0.1, -0.05) is 12.1 Å². The van der Waals surface area contributed by atoms with Crippen LogP contribution in [-0.4, -0.2) is 24.6 Å². The van der Waals surface area contributed by atoms with Crippen molar-refractivity contribution in [2.24, 2.45) is 5.10 Å². The summed E-state index contributed by atoms with van der Waals surface area (Å²) in [6.07, 6.45) is 4.53. The largest absolute Gasteiger partial charge is 0.497 e. The van der Waals surface area contributed by atoms with Crippen LogP contribution in [0.2, 0.25) is 0 Å². The fourth-order valence-corrected chi connectivity index (χ4v) is 3.32. The summed E-state index contributed by atoms with van der Waals surface area (Å²) >= 11 is 0. The Bertz CT molecular complexity index is 888. The fraction of sp³-hybridized carbons (Fsp3) is 0.318. The molecule has 0 aliphatic heterocycles. The van der Waals surface area contributed by atoms with Gasteiger partial charge in [0.15, 0.2) is 0 Å². The van der Waals surface area contributed by atoms with Gasteiger partial charge in [0, 0.05) is 17.0 Å². The van der Waals surface area contributed by atoms with E-state index in [1.54, 1.807) is 38.3 Å². The monoisotopic (exact) mass is 379 g/mol. The lowest BCUT2D eigenvalue weighted by atomic mass is 9.90. The third-order valence-electron chi connectivity index (χ3n) is 4.79. The number of ether oxygens (including phenoxy) is 1. The number of anilines is 1. The standard InChI is InChI=1S/C22H25N3O3/c1-15(24-25-22(27)17-10-12-18(28-2)13-11-17)14-21(26)23-20-9-5-7-16-6-3-4-8-19(16)20/h5,7,9-13H,3-4,6,8,14H2,1-2H3,(H,23,26)(H,25,27)/b24-15-. The van der Waals surface area contributed by atoms with E-state index >= 15 is 0 Å². The summed E-state index contributed by atoms with van der Waals surface area (Å²) < 4.78 is 5.07. The maximum absolute atomic E-state index is 12.4. The van der Waals surface area contributed by atoms with Gasteiger partial charge in [-0.05, 0) is 74.1 Å². The Kier molecular flexibility index (Phi) is 6.42. The summed E-state index contributed by atoms with van der Waals surface area (Å²) in [5.41, 5.74) is 6.93. The van der Waals surface area contributed by atoms with Crippen molar-refractivity contribution in [3.8, 4) is 5.75 Å². The molecule has 0 unspecified atom stereocenters. The first kappa shape index (κ1) is 19.6. The van der Waals surface area contributed by atoms with Gasteiger partial charge in [0.1, 0.15) is 5.75 Å². The number of nitrogens with zero attached hydrogens (tertiary/aromatic N) is 1. The second-order valence-electron chi connectivity index (χ2n) is 6.89. The van der Waals surface area contributed by atoms with Crippen LogP contribution >= 0.6 is 0 Å². The van der Waals surface area contributed by atoms with E-state index < -0.39 is 0 Å². The zero-order valence-corrected chi connectivity index (χ0v) is 16.2. The molecule has 0 heterocycles. The molecule has 28 heavy (non-hydrogen) atoms. The van der Waals surface area contributed by atoms with Crippen molar-refractivity contribution < 1.29 is 14.3 Å². The van der Waals surface area contributed by atoms with Crippen LogP contribution in [-0.2, 0) is 17.6 Å². The van der Waals surface area contributed by atoms with E-state index in [9.17, 15) is 9.59 Å². The molecule has 1 aliphatic rings. The minimum Gasteiger partial charge on any atom is -0.497 e. The molecule has 2 amide bonds. The van der Waals surface area contributed by atoms with Gasteiger partial charge in [-0.25, -0.2) is 5.43 Å². The first-order valence-corrected chi connectivity index (χ1v) is 9.45. The van der Waals surface area contributed by atoms with Crippen molar-refractivity contribution in [3.63, 3.8) is 0 Å². The minimum atomic E-state index is -0.334. The quantitative estimate of drug-likeness (QED) is 0.593. The van der Waals surface area contributed by atoms with Crippen molar-refractivity contribution in [1.82, 2.24) is 5.43 Å². The first-order chi connectivity index (χ1) is 13.6. The van der Waals surface area contributed by atoms with Crippen LogP contribution in [0.15, 0.2) is 47.6 Å². The number of benzene rings is 2. The second kappa shape index (κ2) is 9.17. The third kappa shape index (κ3) is 4.97. The molecule has 2 N–H and O–H groups in total. The Morgan fingerprint density at radius 1 is 1.07 bits per heavy atom. The first-order valence-electron chi connectivity index (χ1n) is 9.45. The number of fused-ring (bicyclic) bond motifs is 1. The average molecular weight is 379 g/mol. The molecular weight excluding hydrogens is 354 g/mol. The number of hydrazone groups is 1. The summed E-state index contributed by atoms with van der Waals surface area (Å²) in [6, 6.07) is 12.8. The molecule has 0 fully saturated rings. The smallest absolute Gasteiger partial charge is 0.271 e. The Labute approximate surface area is 165 Å². The fourth-order valence-electron chi connectivity index (χ4n) is 3.32. The van der Waals surface area contributed by atoms with Crippen LogP contribution in [0.4, 0.5) is 5.69 Å². The second-order valence-corrected chi connectivity index (χ2v) is 6.89. The number of carbonyl (C=O) groups is 2. The van der Waals surface area contributed by atoms with Crippen LogP contribution in [0.5, 0.6) is 5.75 Å². The number of methoxy groups -OCH3 is 1. The highest BCUT2D eigenvalue weighted by Gasteiger charge is 2.15. The van der Waals surface area contributed by atoms with Gasteiger partial charge in [-0.2, -0.15) is 5.10 Å². The lowest BCUT2D eigenvalue weighted by Crippen LogP contribution is -2.22. The highest BCUT2D eigenvalue weighted by molar-refractivity contribution is 6.06. The zero-order chi connectivity index (χ0) is 19.9. The summed E-state index contributed by atoms with van der Waals surface area (Å²) in [5, 5.41) is 7.02. The highest BCUT2D eigenvalue weighted by Crippen LogP contribution is 2.27. The van der Waals surface area contributed by atoms with E-state index in [1.807, 2.05) is 12.1 Å². The molecule has 0 radical (unpaired) electrons. The van der Waals surface area contributed by atoms with Gasteiger partial charge in [0.05, 0.1) is 13.5 Å². The molecule has 2 aromatic carbocycles. The molecule has 0 aromatic heterocycles. The summed E-state index contributed by atoms with van der Waals surface area (Å²) in [4.78, 5) is 24.5. The molecular formula is C22H25N3O3. The third-order valence-corrected chi connectivity index (χ3v) is 4.79. The van der Waals surface area contributed by atoms with Gasteiger partial charge in [0.2, 0.25) is 5.91 Å². The molecule has 0 saturated heterocycles. The molecule has 3 rings (SSSR count). The molecule has 2 aromatic rings. The van der Waals surface area contributed by atoms with E-state index in [2.05, 4.69) is 21.9 Å². The highest BCUT2D eigenvalue weighted by atomic mass is 16.5. The van der Waals surface area contributed by atoms with Crippen molar-refractivity contribution in [2.75, 3.05) is 12.4 Å². The molecule has 0 bridgehead atoms. The molecule has 6 heteroatoms. The minimum absolute atomic E-state index is 0.118. The maximum Gasteiger partial charge on any atom is 0.271 e. The van der Waals surface area contributed by atoms with E-state index in [4.69, 9.17) is 4.74 Å². The van der Waals surface area contributed by atoms with Crippen molar-refractivity contribution >= 4 is 23.2 Å². The topological polar surface area (TPSA) is 79.8 Å². The van der Waals surface area contributed by atoms with E-state index in [0.29, 0.717) is 17.0 Å². The van der Waals surface area contributed by atoms with Gasteiger partial charge < -0.3 is 10.1 Å². The van der Waals surface area contributed by atoms with Gasteiger partial charge in [-0.15, -0.1) is 0 Å². The zero-order valence-electron chi connectivity index (χ0n) is 16.2. The molecule has 0 spiro atoms. The van der Waals surface area contributed by atoms with Crippen LogP contribution in [0, 0.1) is 0 Å². The maximum atomic E-state index is 12.4. The predicted octanol–water partition coefficient (Wildman–Crippen LogP) is 3.71. The normalized spacial score (nSPS) is 13.4. The SMILES string of the molecule is COc1ccc(C(=O)N/N=C(/C)CC(=O)Nc2cccc3c2CCCC3)cc1. The molecule has 0 saturated carbocycles. The molecule has 6 nitrogen and oxygen atoms in total. The Morgan fingerprint density at radius 3 is 2.57 bits per heavy atom. The Hall–Kier alpha value is -3.15. The van der Waals surface area contributed by atoms with Crippen LogP contribution in [0.3, 0.4) is 0 Å². The van der Waals surface area contributed by atoms with Crippen molar-refractivity contribution in [3.05, 3.63) is 59.2 Å². The Balaban J connectivity index is 1.55. The number of hydrogen-bond donors (Lipinski definition) is 2. The number of hydrogen-bond acceptors (Lipinski definition) is 4. The predicted molar refractivity (Wildman–Crippen MR) is 110 cm³/mol.